The largest absolute Gasteiger partial charge is 0.493 e. The Kier molecular flexibility index (Phi) is 9.55. The van der Waals surface area contributed by atoms with E-state index in [9.17, 15) is 9.59 Å². The van der Waals surface area contributed by atoms with Crippen molar-refractivity contribution in [2.75, 3.05) is 27.3 Å². The molecule has 0 aromatic heterocycles. The average molecular weight is 364 g/mol. The van der Waals surface area contributed by atoms with Crippen LogP contribution in [0.25, 0.3) is 0 Å². The van der Waals surface area contributed by atoms with Crippen molar-refractivity contribution in [3.05, 3.63) is 23.8 Å². The molecule has 0 saturated carbocycles. The molecule has 0 aliphatic rings. The highest BCUT2D eigenvalue weighted by atomic mass is 16.5. The Labute approximate surface area is 156 Å². The first kappa shape index (κ1) is 21.8. The summed E-state index contributed by atoms with van der Waals surface area (Å²) in [5.41, 5.74) is 1.03. The Morgan fingerprint density at radius 3 is 2.27 bits per heavy atom. The molecule has 0 spiro atoms. The SMILES string of the molecule is CCCC(C(=O)NCCc1ccc(OC)c(OC)c1)C(=O)NCC(C)C. The zero-order valence-corrected chi connectivity index (χ0v) is 16.6. The minimum absolute atomic E-state index is 0.191. The van der Waals surface area contributed by atoms with Crippen LogP contribution in [0.2, 0.25) is 0 Å². The summed E-state index contributed by atoms with van der Waals surface area (Å²) in [5.74, 6) is 0.648. The fraction of sp³-hybridized carbons (Fsp3) is 0.600. The lowest BCUT2D eigenvalue weighted by atomic mass is 10.0. The van der Waals surface area contributed by atoms with Gasteiger partial charge in [0.05, 0.1) is 14.2 Å². The molecular formula is C20H32N2O4. The molecule has 146 valence electrons. The van der Waals surface area contributed by atoms with Crippen LogP contribution in [-0.2, 0) is 16.0 Å². The second-order valence-corrected chi connectivity index (χ2v) is 6.71. The first-order valence-electron chi connectivity index (χ1n) is 9.19. The highest BCUT2D eigenvalue weighted by Crippen LogP contribution is 2.27. The van der Waals surface area contributed by atoms with Crippen molar-refractivity contribution in [2.24, 2.45) is 11.8 Å². The smallest absolute Gasteiger partial charge is 0.232 e. The second kappa shape index (κ2) is 11.4. The van der Waals surface area contributed by atoms with Gasteiger partial charge in [0, 0.05) is 13.1 Å². The molecule has 0 bridgehead atoms. The molecule has 0 heterocycles. The Hall–Kier alpha value is -2.24. The van der Waals surface area contributed by atoms with Gasteiger partial charge in [0.25, 0.3) is 0 Å². The average Bonchev–Trinajstić information content (AvgIpc) is 2.63. The molecule has 1 aromatic carbocycles. The van der Waals surface area contributed by atoms with E-state index in [2.05, 4.69) is 10.6 Å². The number of ether oxygens (including phenoxy) is 2. The van der Waals surface area contributed by atoms with Crippen molar-refractivity contribution in [1.82, 2.24) is 10.6 Å². The van der Waals surface area contributed by atoms with E-state index < -0.39 is 5.92 Å². The molecule has 1 unspecified atom stereocenters. The van der Waals surface area contributed by atoms with Crippen LogP contribution >= 0.6 is 0 Å². The van der Waals surface area contributed by atoms with Gasteiger partial charge < -0.3 is 20.1 Å². The van der Waals surface area contributed by atoms with Crippen LogP contribution in [0.3, 0.4) is 0 Å². The zero-order valence-electron chi connectivity index (χ0n) is 16.6. The topological polar surface area (TPSA) is 76.7 Å². The van der Waals surface area contributed by atoms with E-state index in [4.69, 9.17) is 9.47 Å². The highest BCUT2D eigenvalue weighted by molar-refractivity contribution is 6.00. The first-order valence-corrected chi connectivity index (χ1v) is 9.19. The van der Waals surface area contributed by atoms with Crippen LogP contribution in [0.15, 0.2) is 18.2 Å². The van der Waals surface area contributed by atoms with E-state index in [1.165, 1.54) is 0 Å². The van der Waals surface area contributed by atoms with E-state index in [0.717, 1.165) is 12.0 Å². The lowest BCUT2D eigenvalue weighted by molar-refractivity contribution is -0.135. The predicted molar refractivity (Wildman–Crippen MR) is 103 cm³/mol. The number of carbonyl (C=O) groups is 2. The van der Waals surface area contributed by atoms with Crippen LogP contribution in [0.1, 0.15) is 39.2 Å². The van der Waals surface area contributed by atoms with Crippen molar-refractivity contribution in [1.29, 1.82) is 0 Å². The summed E-state index contributed by atoms with van der Waals surface area (Å²) in [6.07, 6.45) is 1.98. The molecule has 0 saturated heterocycles. The maximum absolute atomic E-state index is 12.4. The summed E-state index contributed by atoms with van der Waals surface area (Å²) in [6.45, 7) is 7.07. The fourth-order valence-corrected chi connectivity index (χ4v) is 2.59. The van der Waals surface area contributed by atoms with Gasteiger partial charge in [-0.3, -0.25) is 9.59 Å². The van der Waals surface area contributed by atoms with Gasteiger partial charge in [0.2, 0.25) is 11.8 Å². The number of hydrogen-bond acceptors (Lipinski definition) is 4. The molecule has 26 heavy (non-hydrogen) atoms. The van der Waals surface area contributed by atoms with Crippen molar-refractivity contribution in [3.63, 3.8) is 0 Å². The molecule has 6 nitrogen and oxygen atoms in total. The van der Waals surface area contributed by atoms with Gasteiger partial charge in [-0.25, -0.2) is 0 Å². The van der Waals surface area contributed by atoms with E-state index in [1.54, 1.807) is 14.2 Å². The Morgan fingerprint density at radius 2 is 1.69 bits per heavy atom. The van der Waals surface area contributed by atoms with Crippen molar-refractivity contribution >= 4 is 11.8 Å². The maximum Gasteiger partial charge on any atom is 0.232 e. The Morgan fingerprint density at radius 1 is 1.04 bits per heavy atom. The van der Waals surface area contributed by atoms with E-state index in [0.29, 0.717) is 43.3 Å². The van der Waals surface area contributed by atoms with Crippen molar-refractivity contribution < 1.29 is 19.1 Å². The lowest BCUT2D eigenvalue weighted by Gasteiger charge is -2.17. The number of rotatable bonds is 11. The fourth-order valence-electron chi connectivity index (χ4n) is 2.59. The molecule has 0 radical (unpaired) electrons. The summed E-state index contributed by atoms with van der Waals surface area (Å²) in [4.78, 5) is 24.7. The maximum atomic E-state index is 12.4. The molecule has 1 aromatic rings. The van der Waals surface area contributed by atoms with E-state index in [1.807, 2.05) is 39.0 Å². The lowest BCUT2D eigenvalue weighted by Crippen LogP contribution is -2.42. The Balaban J connectivity index is 2.58. The summed E-state index contributed by atoms with van der Waals surface area (Å²) in [7, 11) is 3.19. The van der Waals surface area contributed by atoms with Gasteiger partial charge >= 0.3 is 0 Å². The highest BCUT2D eigenvalue weighted by Gasteiger charge is 2.25. The quantitative estimate of drug-likeness (QED) is 0.592. The standard InChI is InChI=1S/C20H32N2O4/c1-6-7-16(20(24)22-13-14(2)3)19(23)21-11-10-15-8-9-17(25-4)18(12-15)26-5/h8-9,12,14,16H,6-7,10-11,13H2,1-5H3,(H,21,23)(H,22,24). The molecule has 2 N–H and O–H groups in total. The molecule has 2 amide bonds. The zero-order chi connectivity index (χ0) is 19.5. The van der Waals surface area contributed by atoms with Gasteiger partial charge in [-0.05, 0) is 36.5 Å². The molecule has 0 fully saturated rings. The number of amides is 2. The number of nitrogens with one attached hydrogen (secondary N) is 2. The summed E-state index contributed by atoms with van der Waals surface area (Å²) in [5, 5.41) is 5.73. The van der Waals surface area contributed by atoms with Crippen molar-refractivity contribution in [2.45, 2.75) is 40.0 Å². The van der Waals surface area contributed by atoms with Crippen LogP contribution in [-0.4, -0.2) is 39.1 Å². The summed E-state index contributed by atoms with van der Waals surface area (Å²) >= 11 is 0. The minimum Gasteiger partial charge on any atom is -0.493 e. The molecular weight excluding hydrogens is 332 g/mol. The summed E-state index contributed by atoms with van der Waals surface area (Å²) < 4.78 is 10.5. The summed E-state index contributed by atoms with van der Waals surface area (Å²) in [6, 6.07) is 5.67. The molecule has 1 atom stereocenters. The number of benzene rings is 1. The van der Waals surface area contributed by atoms with E-state index >= 15 is 0 Å². The van der Waals surface area contributed by atoms with Crippen molar-refractivity contribution in [3.8, 4) is 11.5 Å². The number of carbonyl (C=O) groups excluding carboxylic acids is 2. The van der Waals surface area contributed by atoms with Gasteiger partial charge in [-0.2, -0.15) is 0 Å². The normalized spacial score (nSPS) is 11.8. The number of hydrogen-bond donors (Lipinski definition) is 2. The molecule has 1 rings (SSSR count). The predicted octanol–water partition coefficient (Wildman–Crippen LogP) is 2.55. The minimum atomic E-state index is -0.635. The monoisotopic (exact) mass is 364 g/mol. The molecule has 0 aliphatic carbocycles. The second-order valence-electron chi connectivity index (χ2n) is 6.71. The van der Waals surface area contributed by atoms with Crippen LogP contribution in [0, 0.1) is 11.8 Å². The van der Waals surface area contributed by atoms with E-state index in [-0.39, 0.29) is 11.8 Å². The Bertz CT molecular complexity index is 587. The van der Waals surface area contributed by atoms with Crippen LogP contribution in [0.5, 0.6) is 11.5 Å². The van der Waals surface area contributed by atoms with Gasteiger partial charge in [0.1, 0.15) is 5.92 Å². The molecule has 6 heteroatoms. The molecule has 0 aliphatic heterocycles. The van der Waals surface area contributed by atoms with Gasteiger partial charge in [-0.15, -0.1) is 0 Å². The van der Waals surface area contributed by atoms with Gasteiger partial charge in [0.15, 0.2) is 11.5 Å². The van der Waals surface area contributed by atoms with Gasteiger partial charge in [-0.1, -0.05) is 33.3 Å². The third kappa shape index (κ3) is 6.94. The van der Waals surface area contributed by atoms with Crippen LogP contribution < -0.4 is 20.1 Å². The third-order valence-corrected chi connectivity index (χ3v) is 4.06. The van der Waals surface area contributed by atoms with Crippen LogP contribution in [0.4, 0.5) is 0 Å². The number of methoxy groups -OCH3 is 2. The third-order valence-electron chi connectivity index (χ3n) is 4.06. The first-order chi connectivity index (χ1) is 12.4.